The summed E-state index contributed by atoms with van der Waals surface area (Å²) in [5.41, 5.74) is 3.14. The number of esters is 1. The number of carbonyl (C=O) groups excluding carboxylic acids is 2. The lowest BCUT2D eigenvalue weighted by Crippen LogP contribution is -2.18. The molecule has 4 rings (SSSR count). The lowest BCUT2D eigenvalue weighted by atomic mass is 9.88. The van der Waals surface area contributed by atoms with E-state index >= 15 is 0 Å². The first-order valence-corrected chi connectivity index (χ1v) is 10.9. The highest BCUT2D eigenvalue weighted by molar-refractivity contribution is 7.17. The van der Waals surface area contributed by atoms with Gasteiger partial charge < -0.3 is 10.1 Å². The number of imidazole rings is 1. The minimum Gasteiger partial charge on any atom is -0.462 e. The predicted octanol–water partition coefficient (Wildman–Crippen LogP) is 4.91. The Morgan fingerprint density at radius 2 is 2.24 bits per heavy atom. The molecule has 1 aliphatic carbocycles. The summed E-state index contributed by atoms with van der Waals surface area (Å²) in [5, 5.41) is 4.06. The second-order valence-electron chi connectivity index (χ2n) is 7.35. The number of carbonyl (C=O) groups is 2. The van der Waals surface area contributed by atoms with Crippen molar-refractivity contribution in [3.63, 3.8) is 0 Å². The third kappa shape index (κ3) is 3.65. The maximum Gasteiger partial charge on any atom is 0.341 e. The summed E-state index contributed by atoms with van der Waals surface area (Å²) >= 11 is 7.52. The second kappa shape index (κ2) is 7.80. The molecule has 0 fully saturated rings. The van der Waals surface area contributed by atoms with Gasteiger partial charge in [-0.2, -0.15) is 0 Å². The van der Waals surface area contributed by atoms with E-state index in [1.54, 1.807) is 36.6 Å². The Kier molecular flexibility index (Phi) is 5.36. The number of hydrogen-bond acceptors (Lipinski definition) is 5. The molecule has 1 amide bonds. The van der Waals surface area contributed by atoms with Crippen molar-refractivity contribution in [1.82, 2.24) is 9.38 Å². The van der Waals surface area contributed by atoms with Gasteiger partial charge in [0, 0.05) is 22.2 Å². The van der Waals surface area contributed by atoms with Crippen LogP contribution in [0.1, 0.15) is 57.2 Å². The Balaban J connectivity index is 1.73. The molecule has 0 saturated heterocycles. The molecule has 8 heteroatoms. The maximum atomic E-state index is 13.2. The van der Waals surface area contributed by atoms with Crippen LogP contribution in [0.5, 0.6) is 0 Å². The van der Waals surface area contributed by atoms with Crippen LogP contribution in [0.25, 0.3) is 5.65 Å². The molecule has 0 radical (unpaired) electrons. The van der Waals surface area contributed by atoms with Crippen molar-refractivity contribution >= 4 is 45.5 Å². The number of halogens is 1. The summed E-state index contributed by atoms with van der Waals surface area (Å²) in [6.45, 7) is 6.06. The zero-order valence-electron chi connectivity index (χ0n) is 16.5. The van der Waals surface area contributed by atoms with Crippen LogP contribution < -0.4 is 5.32 Å². The number of nitrogens with zero attached hydrogens (tertiary/aromatic N) is 2. The van der Waals surface area contributed by atoms with Crippen molar-refractivity contribution in [3.8, 4) is 0 Å². The van der Waals surface area contributed by atoms with Crippen molar-refractivity contribution in [1.29, 1.82) is 0 Å². The first-order valence-electron chi connectivity index (χ1n) is 9.66. The molecule has 3 aromatic rings. The van der Waals surface area contributed by atoms with Gasteiger partial charge in [0.05, 0.1) is 17.9 Å². The van der Waals surface area contributed by atoms with Gasteiger partial charge in [-0.15, -0.1) is 11.3 Å². The van der Waals surface area contributed by atoms with Gasteiger partial charge in [0.1, 0.15) is 16.3 Å². The van der Waals surface area contributed by atoms with Crippen molar-refractivity contribution in [3.05, 3.63) is 50.7 Å². The van der Waals surface area contributed by atoms with Crippen LogP contribution in [0.2, 0.25) is 5.02 Å². The van der Waals surface area contributed by atoms with Gasteiger partial charge in [0.15, 0.2) is 0 Å². The molecule has 1 atom stereocenters. The Morgan fingerprint density at radius 3 is 3.00 bits per heavy atom. The Bertz CT molecular complexity index is 1120. The number of aromatic nitrogens is 2. The second-order valence-corrected chi connectivity index (χ2v) is 8.89. The van der Waals surface area contributed by atoms with E-state index < -0.39 is 0 Å². The number of ether oxygens (including phenoxy) is 1. The van der Waals surface area contributed by atoms with E-state index in [4.69, 9.17) is 16.3 Å². The lowest BCUT2D eigenvalue weighted by Gasteiger charge is -2.18. The Morgan fingerprint density at radius 1 is 1.45 bits per heavy atom. The number of pyridine rings is 1. The fraction of sp³-hybridized carbons (Fsp3) is 0.381. The highest BCUT2D eigenvalue weighted by Gasteiger charge is 2.30. The van der Waals surface area contributed by atoms with Crippen LogP contribution in [0.3, 0.4) is 0 Å². The van der Waals surface area contributed by atoms with Crippen LogP contribution >= 0.6 is 22.9 Å². The van der Waals surface area contributed by atoms with E-state index in [1.165, 1.54) is 11.3 Å². The highest BCUT2D eigenvalue weighted by atomic mass is 35.5. The monoisotopic (exact) mass is 431 g/mol. The molecular weight excluding hydrogens is 410 g/mol. The molecule has 0 saturated carbocycles. The predicted molar refractivity (Wildman–Crippen MR) is 114 cm³/mol. The average Bonchev–Trinajstić information content (AvgIpc) is 3.17. The van der Waals surface area contributed by atoms with Crippen LogP contribution in [-0.4, -0.2) is 27.9 Å². The van der Waals surface area contributed by atoms with Gasteiger partial charge in [0.25, 0.3) is 5.91 Å². The number of anilines is 1. The number of fused-ring (bicyclic) bond motifs is 2. The van der Waals surface area contributed by atoms with Crippen molar-refractivity contribution in [2.24, 2.45) is 5.92 Å². The van der Waals surface area contributed by atoms with E-state index in [-0.39, 0.29) is 11.9 Å². The molecule has 1 N–H and O–H groups in total. The fourth-order valence-electron chi connectivity index (χ4n) is 3.83. The van der Waals surface area contributed by atoms with E-state index in [2.05, 4.69) is 17.2 Å². The zero-order chi connectivity index (χ0) is 20.7. The summed E-state index contributed by atoms with van der Waals surface area (Å²) in [6, 6.07) is 3.42. The van der Waals surface area contributed by atoms with Crippen LogP contribution in [0.15, 0.2) is 18.3 Å². The number of aryl methyl sites for hydroxylation is 1. The molecule has 3 heterocycles. The van der Waals surface area contributed by atoms with Crippen molar-refractivity contribution in [2.45, 2.75) is 40.0 Å². The molecule has 0 bridgehead atoms. The van der Waals surface area contributed by atoms with Gasteiger partial charge in [-0.05, 0) is 50.7 Å². The zero-order valence-corrected chi connectivity index (χ0v) is 18.1. The summed E-state index contributed by atoms with van der Waals surface area (Å²) < 4.78 is 6.99. The molecule has 1 unspecified atom stereocenters. The number of rotatable bonds is 4. The molecule has 29 heavy (non-hydrogen) atoms. The largest absolute Gasteiger partial charge is 0.462 e. The first-order chi connectivity index (χ1) is 13.9. The average molecular weight is 432 g/mol. The number of nitrogens with one attached hydrogen (secondary N) is 1. The molecule has 152 valence electrons. The number of thiophene rings is 1. The molecule has 3 aromatic heterocycles. The summed E-state index contributed by atoms with van der Waals surface area (Å²) in [5.74, 6) is -0.128. The van der Waals surface area contributed by atoms with Gasteiger partial charge in [0.2, 0.25) is 0 Å². The van der Waals surface area contributed by atoms with Crippen molar-refractivity contribution in [2.75, 3.05) is 11.9 Å². The van der Waals surface area contributed by atoms with Crippen LogP contribution in [-0.2, 0) is 17.6 Å². The Hall–Kier alpha value is -2.38. The van der Waals surface area contributed by atoms with Crippen LogP contribution in [0.4, 0.5) is 5.00 Å². The first kappa shape index (κ1) is 19.9. The van der Waals surface area contributed by atoms with Gasteiger partial charge >= 0.3 is 5.97 Å². The van der Waals surface area contributed by atoms with Crippen LogP contribution in [0, 0.1) is 12.8 Å². The highest BCUT2D eigenvalue weighted by Crippen LogP contribution is 2.40. The number of hydrogen-bond donors (Lipinski definition) is 1. The standard InChI is InChI=1S/C21H22ClN3O3S/c1-4-28-21(27)17-14-6-5-11(2)9-15(14)29-20(17)24-19(26)18-12(3)23-16-10-13(22)7-8-25(16)18/h7-8,10-11H,4-6,9H2,1-3H3,(H,24,26). The molecule has 1 aliphatic rings. The van der Waals surface area contributed by atoms with E-state index in [0.717, 1.165) is 29.7 Å². The minimum absolute atomic E-state index is 0.292. The SMILES string of the molecule is CCOC(=O)c1c(NC(=O)c2c(C)nc3cc(Cl)ccn23)sc2c1CCC(C)C2. The molecule has 0 spiro atoms. The quantitative estimate of drug-likeness (QED) is 0.595. The summed E-state index contributed by atoms with van der Waals surface area (Å²) in [4.78, 5) is 31.4. The van der Waals surface area contributed by atoms with Gasteiger partial charge in [-0.25, -0.2) is 9.78 Å². The minimum atomic E-state index is -0.378. The third-order valence-electron chi connectivity index (χ3n) is 5.20. The smallest absolute Gasteiger partial charge is 0.341 e. The lowest BCUT2D eigenvalue weighted by molar-refractivity contribution is 0.0526. The summed E-state index contributed by atoms with van der Waals surface area (Å²) in [6.07, 6.45) is 4.48. The van der Waals surface area contributed by atoms with Crippen molar-refractivity contribution < 1.29 is 14.3 Å². The van der Waals surface area contributed by atoms with E-state index in [9.17, 15) is 9.59 Å². The Labute approximate surface area is 177 Å². The van der Waals surface area contributed by atoms with E-state index in [0.29, 0.717) is 45.1 Å². The van der Waals surface area contributed by atoms with Gasteiger partial charge in [-0.3, -0.25) is 9.20 Å². The van der Waals surface area contributed by atoms with Gasteiger partial charge in [-0.1, -0.05) is 18.5 Å². The van der Waals surface area contributed by atoms with E-state index in [1.807, 2.05) is 0 Å². The molecule has 0 aromatic carbocycles. The third-order valence-corrected chi connectivity index (χ3v) is 6.60. The summed E-state index contributed by atoms with van der Waals surface area (Å²) in [7, 11) is 0. The molecular formula is C21H22ClN3O3S. The molecule has 6 nitrogen and oxygen atoms in total. The maximum absolute atomic E-state index is 13.2. The topological polar surface area (TPSA) is 72.7 Å². The number of amides is 1. The molecule has 0 aliphatic heterocycles. The normalized spacial score (nSPS) is 15.9. The fourth-order valence-corrected chi connectivity index (χ4v) is 5.38.